The minimum absolute atomic E-state index is 0.495. The molecule has 0 amide bonds. The minimum atomic E-state index is -5.19. The van der Waals surface area contributed by atoms with Crippen molar-refractivity contribution in [2.24, 2.45) is 0 Å². The van der Waals surface area contributed by atoms with Gasteiger partial charge in [-0.3, -0.25) is 0 Å². The van der Waals surface area contributed by atoms with Gasteiger partial charge in [0.05, 0.1) is 0 Å². The molecule has 1 saturated carbocycles. The molecule has 0 heterocycles. The highest BCUT2D eigenvalue weighted by Gasteiger charge is 2.46. The van der Waals surface area contributed by atoms with Gasteiger partial charge in [0.1, 0.15) is 0 Å². The lowest BCUT2D eigenvalue weighted by Gasteiger charge is -2.22. The Balaban J connectivity index is 2.58. The second-order valence-electron chi connectivity index (χ2n) is 3.40. The van der Waals surface area contributed by atoms with E-state index < -0.39 is 21.6 Å². The molecule has 0 saturated heterocycles. The van der Waals surface area contributed by atoms with Gasteiger partial charge >= 0.3 is 15.5 Å². The fourth-order valence-electron chi connectivity index (χ4n) is 1.51. The van der Waals surface area contributed by atoms with E-state index in [1.54, 1.807) is 4.72 Å². The van der Waals surface area contributed by atoms with Crippen LogP contribution >= 0.6 is 0 Å². The van der Waals surface area contributed by atoms with Gasteiger partial charge in [0.2, 0.25) is 0 Å². The lowest BCUT2D eigenvalue weighted by atomic mass is 9.96. The van der Waals surface area contributed by atoms with E-state index in [0.29, 0.717) is 12.8 Å². The Hall–Kier alpha value is -0.300. The fraction of sp³-hybridized carbons (Fsp3) is 1.00. The maximum atomic E-state index is 11.9. The van der Waals surface area contributed by atoms with Gasteiger partial charge in [0, 0.05) is 6.04 Å². The molecule has 1 aliphatic carbocycles. The molecule has 1 N–H and O–H groups in total. The van der Waals surface area contributed by atoms with Gasteiger partial charge in [-0.15, -0.1) is 0 Å². The normalized spacial score (nSPS) is 21.1. The molecule has 0 spiro atoms. The predicted molar refractivity (Wildman–Crippen MR) is 45.0 cm³/mol. The number of hydrogen-bond acceptors (Lipinski definition) is 2. The molecule has 0 atom stereocenters. The molecular weight excluding hydrogens is 219 g/mol. The Kier molecular flexibility index (Phi) is 3.41. The van der Waals surface area contributed by atoms with Crippen LogP contribution in [0.1, 0.15) is 32.1 Å². The van der Waals surface area contributed by atoms with Crippen molar-refractivity contribution in [3.05, 3.63) is 0 Å². The summed E-state index contributed by atoms with van der Waals surface area (Å²) < 4.78 is 58.9. The Bertz CT molecular complexity index is 280. The zero-order chi connectivity index (χ0) is 10.8. The highest BCUT2D eigenvalue weighted by atomic mass is 32.2. The molecule has 7 heteroatoms. The van der Waals surface area contributed by atoms with Crippen molar-refractivity contribution in [2.75, 3.05) is 0 Å². The maximum absolute atomic E-state index is 11.9. The van der Waals surface area contributed by atoms with E-state index in [1.807, 2.05) is 0 Å². The quantitative estimate of drug-likeness (QED) is 0.787. The minimum Gasteiger partial charge on any atom is -0.204 e. The van der Waals surface area contributed by atoms with Crippen LogP contribution < -0.4 is 4.72 Å². The van der Waals surface area contributed by atoms with Gasteiger partial charge in [-0.1, -0.05) is 19.3 Å². The van der Waals surface area contributed by atoms with Gasteiger partial charge < -0.3 is 0 Å². The Morgan fingerprint density at radius 3 is 2.00 bits per heavy atom. The first-order valence-corrected chi connectivity index (χ1v) is 5.90. The van der Waals surface area contributed by atoms with Crippen molar-refractivity contribution in [2.45, 2.75) is 43.7 Å². The summed E-state index contributed by atoms with van der Waals surface area (Å²) >= 11 is 0. The Labute approximate surface area is 80.7 Å². The standard InChI is InChI=1S/C7H12F3NO2S/c8-7(9,10)14(12,13)11-6-4-2-1-3-5-6/h6,11H,1-5H2. The first-order chi connectivity index (χ1) is 6.33. The summed E-state index contributed by atoms with van der Waals surface area (Å²) in [5.41, 5.74) is -5.19. The van der Waals surface area contributed by atoms with Crippen LogP contribution in [0.25, 0.3) is 0 Å². The van der Waals surface area contributed by atoms with Crippen LogP contribution in [0.5, 0.6) is 0 Å². The maximum Gasteiger partial charge on any atom is 0.511 e. The molecule has 0 aliphatic heterocycles. The molecule has 0 radical (unpaired) electrons. The molecule has 0 aromatic rings. The van der Waals surface area contributed by atoms with Crippen molar-refractivity contribution in [1.29, 1.82) is 0 Å². The number of hydrogen-bond donors (Lipinski definition) is 1. The molecule has 0 aromatic carbocycles. The third-order valence-electron chi connectivity index (χ3n) is 2.23. The summed E-state index contributed by atoms with van der Waals surface area (Å²) in [5.74, 6) is 0. The third kappa shape index (κ3) is 2.84. The first kappa shape index (κ1) is 11.8. The zero-order valence-corrected chi connectivity index (χ0v) is 8.29. The molecule has 1 rings (SSSR count). The third-order valence-corrected chi connectivity index (χ3v) is 3.48. The van der Waals surface area contributed by atoms with Crippen molar-refractivity contribution < 1.29 is 21.6 Å². The van der Waals surface area contributed by atoms with E-state index in [9.17, 15) is 21.6 Å². The van der Waals surface area contributed by atoms with Gasteiger partial charge in [-0.2, -0.15) is 13.2 Å². The van der Waals surface area contributed by atoms with Crippen LogP contribution in [0.3, 0.4) is 0 Å². The second kappa shape index (κ2) is 4.06. The van der Waals surface area contributed by atoms with E-state index in [0.717, 1.165) is 19.3 Å². The summed E-state index contributed by atoms with van der Waals surface area (Å²) in [5, 5.41) is 0. The zero-order valence-electron chi connectivity index (χ0n) is 7.47. The van der Waals surface area contributed by atoms with Crippen molar-refractivity contribution in [3.63, 3.8) is 0 Å². The molecule has 14 heavy (non-hydrogen) atoms. The van der Waals surface area contributed by atoms with Crippen LogP contribution in [-0.2, 0) is 10.0 Å². The average molecular weight is 231 g/mol. The van der Waals surface area contributed by atoms with E-state index >= 15 is 0 Å². The molecule has 0 bridgehead atoms. The Morgan fingerprint density at radius 1 is 1.07 bits per heavy atom. The van der Waals surface area contributed by atoms with E-state index in [1.165, 1.54) is 0 Å². The largest absolute Gasteiger partial charge is 0.511 e. The summed E-state index contributed by atoms with van der Waals surface area (Å²) in [4.78, 5) is 0. The first-order valence-electron chi connectivity index (χ1n) is 4.41. The molecule has 1 aliphatic rings. The molecule has 0 unspecified atom stereocenters. The van der Waals surface area contributed by atoms with E-state index in [2.05, 4.69) is 0 Å². The number of rotatable bonds is 2. The van der Waals surface area contributed by atoms with Crippen LogP contribution in [0.4, 0.5) is 13.2 Å². The summed E-state index contributed by atoms with van der Waals surface area (Å²) in [6, 6.07) is -0.546. The highest BCUT2D eigenvalue weighted by molar-refractivity contribution is 7.90. The smallest absolute Gasteiger partial charge is 0.204 e. The highest BCUT2D eigenvalue weighted by Crippen LogP contribution is 2.25. The van der Waals surface area contributed by atoms with Gasteiger partial charge in [-0.25, -0.2) is 13.1 Å². The van der Waals surface area contributed by atoms with E-state index in [4.69, 9.17) is 0 Å². The monoisotopic (exact) mass is 231 g/mol. The number of sulfonamides is 1. The summed E-state index contributed by atoms with van der Waals surface area (Å²) in [7, 11) is -5.15. The van der Waals surface area contributed by atoms with Crippen LogP contribution in [0.2, 0.25) is 0 Å². The van der Waals surface area contributed by atoms with Crippen LogP contribution in [-0.4, -0.2) is 20.0 Å². The van der Waals surface area contributed by atoms with Crippen LogP contribution in [0.15, 0.2) is 0 Å². The molecule has 3 nitrogen and oxygen atoms in total. The van der Waals surface area contributed by atoms with Crippen molar-refractivity contribution in [1.82, 2.24) is 4.72 Å². The fourth-order valence-corrected chi connectivity index (χ4v) is 2.31. The average Bonchev–Trinajstić information content (AvgIpc) is 2.03. The molecular formula is C7H12F3NO2S. The topological polar surface area (TPSA) is 46.2 Å². The van der Waals surface area contributed by atoms with Crippen LogP contribution in [0, 0.1) is 0 Å². The van der Waals surface area contributed by atoms with Crippen molar-refractivity contribution >= 4 is 10.0 Å². The number of halogens is 3. The lowest BCUT2D eigenvalue weighted by Crippen LogP contribution is -2.43. The SMILES string of the molecule is O=S(=O)(NC1CCCCC1)C(F)(F)F. The second-order valence-corrected chi connectivity index (χ2v) is 5.11. The lowest BCUT2D eigenvalue weighted by molar-refractivity contribution is -0.0452. The van der Waals surface area contributed by atoms with E-state index in [-0.39, 0.29) is 0 Å². The number of nitrogens with one attached hydrogen (secondary N) is 1. The molecule has 84 valence electrons. The molecule has 1 fully saturated rings. The summed E-state index contributed by atoms with van der Waals surface area (Å²) in [6.07, 6.45) is 3.52. The van der Waals surface area contributed by atoms with Gasteiger partial charge in [-0.05, 0) is 12.8 Å². The van der Waals surface area contributed by atoms with Gasteiger partial charge in [0.25, 0.3) is 0 Å². The predicted octanol–water partition coefficient (Wildman–Crippen LogP) is 1.76. The van der Waals surface area contributed by atoms with Crippen molar-refractivity contribution in [3.8, 4) is 0 Å². The number of alkyl halides is 3. The summed E-state index contributed by atoms with van der Waals surface area (Å²) in [6.45, 7) is 0. The Morgan fingerprint density at radius 2 is 1.57 bits per heavy atom. The van der Waals surface area contributed by atoms with Gasteiger partial charge in [0.15, 0.2) is 0 Å². The molecule has 0 aromatic heterocycles.